The lowest BCUT2D eigenvalue weighted by atomic mass is 9.60. The Hall–Kier alpha value is -1.62. The molecule has 0 saturated heterocycles. The lowest BCUT2D eigenvalue weighted by Gasteiger charge is -2.42. The van der Waals surface area contributed by atoms with E-state index in [1.54, 1.807) is 0 Å². The number of carbonyl (C=O) groups excluding carboxylic acids is 1. The number of benzene rings is 1. The predicted octanol–water partition coefficient (Wildman–Crippen LogP) is 6.35. The Labute approximate surface area is 159 Å². The molecule has 0 amide bonds. The maximum atomic E-state index is 11.9. The van der Waals surface area contributed by atoms with E-state index in [0.717, 1.165) is 44.9 Å². The molecule has 140 valence electrons. The second-order valence-electron chi connectivity index (χ2n) is 8.57. The minimum atomic E-state index is -0.243. The monoisotopic (exact) mass is 351 g/mol. The van der Waals surface area contributed by atoms with E-state index in [4.69, 9.17) is 0 Å². The Kier molecular flexibility index (Phi) is 6.52. The minimum Gasteiger partial charge on any atom is -0.300 e. The SMILES string of the molecule is CCCCCc1ccc(C2CCC(C#N)(C3CCCC(=O)C3)CC2)cc1. The Morgan fingerprint density at radius 1 is 1.12 bits per heavy atom. The number of carbonyl (C=O) groups is 1. The van der Waals surface area contributed by atoms with Crippen LogP contribution in [0.5, 0.6) is 0 Å². The molecule has 1 aromatic carbocycles. The molecule has 0 radical (unpaired) electrons. The highest BCUT2D eigenvalue weighted by Crippen LogP contribution is 2.50. The first-order valence-corrected chi connectivity index (χ1v) is 10.7. The van der Waals surface area contributed by atoms with Gasteiger partial charge in [0.25, 0.3) is 0 Å². The van der Waals surface area contributed by atoms with Gasteiger partial charge in [-0.25, -0.2) is 0 Å². The fourth-order valence-electron chi connectivity index (χ4n) is 5.11. The molecule has 0 N–H and O–H groups in total. The highest BCUT2D eigenvalue weighted by molar-refractivity contribution is 5.79. The first kappa shape index (κ1) is 19.2. The number of nitrogens with zero attached hydrogens (tertiary/aromatic N) is 1. The lowest BCUT2D eigenvalue weighted by Crippen LogP contribution is -2.36. The number of ketones is 1. The first-order valence-electron chi connectivity index (χ1n) is 10.7. The molecule has 0 aromatic heterocycles. The third-order valence-corrected chi connectivity index (χ3v) is 6.88. The summed E-state index contributed by atoms with van der Waals surface area (Å²) in [6.07, 6.45) is 12.6. The summed E-state index contributed by atoms with van der Waals surface area (Å²) < 4.78 is 0. The Morgan fingerprint density at radius 3 is 2.46 bits per heavy atom. The van der Waals surface area contributed by atoms with Crippen LogP contribution in [0.3, 0.4) is 0 Å². The third-order valence-electron chi connectivity index (χ3n) is 6.88. The van der Waals surface area contributed by atoms with Crippen LogP contribution >= 0.6 is 0 Å². The van der Waals surface area contributed by atoms with Gasteiger partial charge in [-0.2, -0.15) is 5.26 Å². The van der Waals surface area contributed by atoms with Crippen LogP contribution in [0.15, 0.2) is 24.3 Å². The number of rotatable bonds is 6. The minimum absolute atomic E-state index is 0.243. The summed E-state index contributed by atoms with van der Waals surface area (Å²) in [7, 11) is 0. The van der Waals surface area contributed by atoms with Crippen molar-refractivity contribution in [3.8, 4) is 6.07 Å². The van der Waals surface area contributed by atoms with Crippen molar-refractivity contribution in [3.63, 3.8) is 0 Å². The molecular formula is C24H33NO. The number of hydrogen-bond donors (Lipinski definition) is 0. The molecule has 3 rings (SSSR count). The van der Waals surface area contributed by atoms with Gasteiger partial charge >= 0.3 is 0 Å². The zero-order chi connectivity index (χ0) is 18.4. The molecule has 0 heterocycles. The number of nitriles is 1. The summed E-state index contributed by atoms with van der Waals surface area (Å²) in [5, 5.41) is 9.91. The Morgan fingerprint density at radius 2 is 1.85 bits per heavy atom. The maximum absolute atomic E-state index is 11.9. The van der Waals surface area contributed by atoms with Crippen molar-refractivity contribution in [2.24, 2.45) is 11.3 Å². The fourth-order valence-corrected chi connectivity index (χ4v) is 5.11. The topological polar surface area (TPSA) is 40.9 Å². The summed E-state index contributed by atoms with van der Waals surface area (Å²) >= 11 is 0. The molecule has 2 heteroatoms. The van der Waals surface area contributed by atoms with Gasteiger partial charge in [-0.3, -0.25) is 4.79 Å². The largest absolute Gasteiger partial charge is 0.300 e. The molecule has 26 heavy (non-hydrogen) atoms. The second-order valence-corrected chi connectivity index (χ2v) is 8.57. The van der Waals surface area contributed by atoms with Crippen LogP contribution in [0.4, 0.5) is 0 Å². The van der Waals surface area contributed by atoms with E-state index in [1.807, 2.05) is 0 Å². The van der Waals surface area contributed by atoms with E-state index in [0.29, 0.717) is 24.0 Å². The molecule has 1 unspecified atom stereocenters. The predicted molar refractivity (Wildman–Crippen MR) is 106 cm³/mol. The van der Waals surface area contributed by atoms with Crippen molar-refractivity contribution < 1.29 is 4.79 Å². The Bertz CT molecular complexity index is 631. The molecular weight excluding hydrogens is 318 g/mol. The number of Topliss-reactive ketones (excluding diaryl/α,β-unsaturated/α-hetero) is 1. The van der Waals surface area contributed by atoms with Gasteiger partial charge in [0.15, 0.2) is 0 Å². The zero-order valence-electron chi connectivity index (χ0n) is 16.3. The van der Waals surface area contributed by atoms with Gasteiger partial charge in [-0.1, -0.05) is 44.0 Å². The van der Waals surface area contributed by atoms with Gasteiger partial charge in [0.2, 0.25) is 0 Å². The van der Waals surface area contributed by atoms with Gasteiger partial charge in [0.05, 0.1) is 11.5 Å². The van der Waals surface area contributed by atoms with Gasteiger partial charge < -0.3 is 0 Å². The highest BCUT2D eigenvalue weighted by atomic mass is 16.1. The summed E-state index contributed by atoms with van der Waals surface area (Å²) in [4.78, 5) is 11.9. The summed E-state index contributed by atoms with van der Waals surface area (Å²) in [5.74, 6) is 1.26. The van der Waals surface area contributed by atoms with Crippen molar-refractivity contribution in [2.75, 3.05) is 0 Å². The van der Waals surface area contributed by atoms with Gasteiger partial charge in [-0.05, 0) is 74.3 Å². The summed E-state index contributed by atoms with van der Waals surface area (Å²) in [6, 6.07) is 11.9. The van der Waals surface area contributed by atoms with Crippen LogP contribution in [0.1, 0.15) is 94.6 Å². The van der Waals surface area contributed by atoms with Crippen LogP contribution in [0, 0.1) is 22.7 Å². The quantitative estimate of drug-likeness (QED) is 0.561. The lowest BCUT2D eigenvalue weighted by molar-refractivity contribution is -0.123. The van der Waals surface area contributed by atoms with Crippen molar-refractivity contribution in [1.82, 2.24) is 0 Å². The van der Waals surface area contributed by atoms with Crippen LogP contribution < -0.4 is 0 Å². The fraction of sp³-hybridized carbons (Fsp3) is 0.667. The van der Waals surface area contributed by atoms with Gasteiger partial charge in [0.1, 0.15) is 5.78 Å². The maximum Gasteiger partial charge on any atom is 0.133 e. The molecule has 2 fully saturated rings. The van der Waals surface area contributed by atoms with E-state index >= 15 is 0 Å². The first-order chi connectivity index (χ1) is 12.7. The van der Waals surface area contributed by atoms with E-state index < -0.39 is 0 Å². The number of aryl methyl sites for hydroxylation is 1. The summed E-state index contributed by atoms with van der Waals surface area (Å²) in [6.45, 7) is 2.25. The molecule has 1 aromatic rings. The molecule has 0 spiro atoms. The van der Waals surface area contributed by atoms with Crippen molar-refractivity contribution in [2.45, 2.75) is 89.9 Å². The summed E-state index contributed by atoms with van der Waals surface area (Å²) in [5.41, 5.74) is 2.65. The van der Waals surface area contributed by atoms with E-state index in [9.17, 15) is 10.1 Å². The molecule has 0 bridgehead atoms. The molecule has 2 nitrogen and oxygen atoms in total. The normalized spacial score (nSPS) is 29.3. The molecule has 0 aliphatic heterocycles. The van der Waals surface area contributed by atoms with Crippen LogP contribution in [0.2, 0.25) is 0 Å². The van der Waals surface area contributed by atoms with Crippen molar-refractivity contribution in [3.05, 3.63) is 35.4 Å². The second kappa shape index (κ2) is 8.85. The highest BCUT2D eigenvalue weighted by Gasteiger charge is 2.43. The number of hydrogen-bond acceptors (Lipinski definition) is 2. The average molecular weight is 352 g/mol. The van der Waals surface area contributed by atoms with Crippen LogP contribution in [-0.4, -0.2) is 5.78 Å². The van der Waals surface area contributed by atoms with E-state index in [-0.39, 0.29) is 5.41 Å². The van der Waals surface area contributed by atoms with E-state index in [1.165, 1.54) is 36.8 Å². The van der Waals surface area contributed by atoms with Crippen LogP contribution in [-0.2, 0) is 11.2 Å². The molecule has 1 atom stereocenters. The van der Waals surface area contributed by atoms with E-state index in [2.05, 4.69) is 37.3 Å². The average Bonchev–Trinajstić information content (AvgIpc) is 2.69. The van der Waals surface area contributed by atoms with Gasteiger partial charge in [0, 0.05) is 12.8 Å². The zero-order valence-corrected chi connectivity index (χ0v) is 16.3. The molecule has 2 aliphatic rings. The molecule has 2 aliphatic carbocycles. The number of unbranched alkanes of at least 4 members (excludes halogenated alkanes) is 2. The van der Waals surface area contributed by atoms with Crippen LogP contribution in [0.25, 0.3) is 0 Å². The van der Waals surface area contributed by atoms with Crippen molar-refractivity contribution >= 4 is 5.78 Å². The van der Waals surface area contributed by atoms with Gasteiger partial charge in [-0.15, -0.1) is 0 Å². The molecule has 2 saturated carbocycles. The van der Waals surface area contributed by atoms with Crippen molar-refractivity contribution in [1.29, 1.82) is 5.26 Å². The third kappa shape index (κ3) is 4.37. The standard InChI is InChI=1S/C24H33NO/c1-2-3-4-6-19-9-11-20(12-10-19)21-13-15-24(18-25,16-14-21)22-7-5-8-23(26)17-22/h9-12,21-22H,2-8,13-17H2,1H3. The Balaban J connectivity index is 1.58. The smallest absolute Gasteiger partial charge is 0.133 e.